The number of methoxy groups -OCH3 is 1. The number of carbonyl (C=O) groups is 1. The van der Waals surface area contributed by atoms with E-state index >= 15 is 0 Å². The van der Waals surface area contributed by atoms with Gasteiger partial charge < -0.3 is 14.6 Å². The highest BCUT2D eigenvalue weighted by molar-refractivity contribution is 7.84. The summed E-state index contributed by atoms with van der Waals surface area (Å²) >= 11 is 0. The number of carbonyl (C=O) groups excluding carboxylic acids is 1. The largest absolute Gasteiger partial charge is 0.464 e. The van der Waals surface area contributed by atoms with E-state index in [0.717, 1.165) is 54.4 Å². The van der Waals surface area contributed by atoms with E-state index in [1.165, 1.54) is 7.11 Å². The topological polar surface area (TPSA) is 62.4 Å². The molecule has 0 spiro atoms. The van der Waals surface area contributed by atoms with Crippen molar-refractivity contribution < 1.29 is 13.7 Å². The minimum atomic E-state index is -0.804. The lowest BCUT2D eigenvalue weighted by Gasteiger charge is -2.29. The number of ether oxygens (including phenoxy) is 1. The first-order valence-corrected chi connectivity index (χ1v) is 10.4. The fraction of sp³-hybridized carbons (Fsp3) is 0.526. The Labute approximate surface area is 151 Å². The maximum absolute atomic E-state index is 12.3. The molecule has 0 saturated carbocycles. The number of nitrogens with one attached hydrogen (secondary N) is 1. The van der Waals surface area contributed by atoms with Gasteiger partial charge in [0.15, 0.2) is 0 Å². The van der Waals surface area contributed by atoms with Gasteiger partial charge in [-0.15, -0.1) is 0 Å². The summed E-state index contributed by atoms with van der Waals surface area (Å²) in [6.07, 6.45) is 4.59. The van der Waals surface area contributed by atoms with Crippen molar-refractivity contribution in [2.24, 2.45) is 0 Å². The van der Waals surface area contributed by atoms with Crippen LogP contribution in [0.5, 0.6) is 0 Å². The van der Waals surface area contributed by atoms with Crippen LogP contribution in [0.4, 0.5) is 0 Å². The number of aromatic nitrogens is 1. The van der Waals surface area contributed by atoms with Gasteiger partial charge in [0.1, 0.15) is 5.69 Å². The summed E-state index contributed by atoms with van der Waals surface area (Å²) in [6, 6.07) is 6.22. The molecule has 6 heteroatoms. The molecule has 1 N–H and O–H groups in total. The second-order valence-corrected chi connectivity index (χ2v) is 8.44. The number of benzene rings is 1. The van der Waals surface area contributed by atoms with E-state index < -0.39 is 10.8 Å². The van der Waals surface area contributed by atoms with Crippen LogP contribution < -0.4 is 0 Å². The van der Waals surface area contributed by atoms with Crippen LogP contribution in [0.2, 0.25) is 0 Å². The zero-order valence-electron chi connectivity index (χ0n) is 15.1. The molecule has 0 amide bonds. The molecule has 2 aromatic rings. The van der Waals surface area contributed by atoms with Crippen molar-refractivity contribution in [1.82, 2.24) is 9.88 Å². The van der Waals surface area contributed by atoms with Crippen molar-refractivity contribution in [2.75, 3.05) is 39.3 Å². The quantitative estimate of drug-likeness (QED) is 0.831. The molecule has 0 bridgehead atoms. The third-order valence-electron chi connectivity index (χ3n) is 5.10. The van der Waals surface area contributed by atoms with Gasteiger partial charge in [0.25, 0.3) is 0 Å². The molecule has 1 aromatic carbocycles. The number of nitrogens with zero attached hydrogens (tertiary/aromatic N) is 1. The summed E-state index contributed by atoms with van der Waals surface area (Å²) in [5.74, 6) is 0.708. The monoisotopic (exact) mass is 362 g/mol. The SMILES string of the molecule is COC(=O)c1[nH]c2ccc(CCS(C)=O)cc2c1C1CCN(C)CC1. The van der Waals surface area contributed by atoms with Gasteiger partial charge >= 0.3 is 5.97 Å². The first kappa shape index (κ1) is 18.1. The van der Waals surface area contributed by atoms with Crippen molar-refractivity contribution in [3.8, 4) is 0 Å². The Balaban J connectivity index is 2.03. The third-order valence-corrected chi connectivity index (χ3v) is 5.88. The van der Waals surface area contributed by atoms with Crippen LogP contribution in [0.25, 0.3) is 10.9 Å². The maximum Gasteiger partial charge on any atom is 0.354 e. The molecule has 1 unspecified atom stereocenters. The summed E-state index contributed by atoms with van der Waals surface area (Å²) in [7, 11) is 2.75. The van der Waals surface area contributed by atoms with Crippen LogP contribution in [0.15, 0.2) is 18.2 Å². The van der Waals surface area contributed by atoms with Crippen LogP contribution in [0, 0.1) is 0 Å². The lowest BCUT2D eigenvalue weighted by atomic mass is 9.87. The van der Waals surface area contributed by atoms with Gasteiger partial charge in [-0.25, -0.2) is 4.79 Å². The highest BCUT2D eigenvalue weighted by Crippen LogP contribution is 2.36. The molecule has 1 fully saturated rings. The second-order valence-electron chi connectivity index (χ2n) is 6.89. The van der Waals surface area contributed by atoms with Crippen molar-refractivity contribution in [2.45, 2.75) is 25.2 Å². The Morgan fingerprint density at radius 1 is 1.36 bits per heavy atom. The number of hydrogen-bond acceptors (Lipinski definition) is 4. The first-order chi connectivity index (χ1) is 12.0. The normalized spacial score (nSPS) is 17.7. The van der Waals surface area contributed by atoms with Crippen LogP contribution in [-0.4, -0.2) is 59.3 Å². The van der Waals surface area contributed by atoms with Crippen molar-refractivity contribution in [1.29, 1.82) is 0 Å². The fourth-order valence-electron chi connectivity index (χ4n) is 3.66. The van der Waals surface area contributed by atoms with Crippen LogP contribution >= 0.6 is 0 Å². The van der Waals surface area contributed by atoms with Gasteiger partial charge in [0.05, 0.1) is 7.11 Å². The predicted molar refractivity (Wildman–Crippen MR) is 102 cm³/mol. The van der Waals surface area contributed by atoms with E-state index in [1.807, 2.05) is 12.1 Å². The number of hydrogen-bond donors (Lipinski definition) is 1. The molecule has 1 aromatic heterocycles. The zero-order chi connectivity index (χ0) is 18.0. The van der Waals surface area contributed by atoms with E-state index in [4.69, 9.17) is 4.74 Å². The molecule has 25 heavy (non-hydrogen) atoms. The Kier molecular flexibility index (Phi) is 5.59. The molecule has 1 saturated heterocycles. The molecule has 1 aliphatic rings. The second kappa shape index (κ2) is 7.70. The lowest BCUT2D eigenvalue weighted by Crippen LogP contribution is -2.29. The maximum atomic E-state index is 12.3. The summed E-state index contributed by atoms with van der Waals surface area (Å²) < 4.78 is 16.4. The molecular formula is C19H26N2O3S. The minimum Gasteiger partial charge on any atom is -0.464 e. The minimum absolute atomic E-state index is 0.304. The van der Waals surface area contributed by atoms with Gasteiger partial charge in [0.2, 0.25) is 0 Å². The van der Waals surface area contributed by atoms with E-state index in [-0.39, 0.29) is 5.97 Å². The smallest absolute Gasteiger partial charge is 0.354 e. The number of likely N-dealkylation sites (tertiary alicyclic amines) is 1. The standard InChI is InChI=1S/C19H26N2O3S/c1-21-9-6-14(7-10-21)17-15-12-13(8-11-25(3)23)4-5-16(15)20-18(17)19(22)24-2/h4-5,12,14,20H,6-11H2,1-3H3. The summed E-state index contributed by atoms with van der Waals surface area (Å²) in [4.78, 5) is 17.9. The number of piperidine rings is 1. The third kappa shape index (κ3) is 3.96. The Hall–Kier alpha value is -1.66. The molecule has 1 atom stereocenters. The Bertz CT molecular complexity index is 791. The van der Waals surface area contributed by atoms with Crippen molar-refractivity contribution in [3.63, 3.8) is 0 Å². The number of H-pyrrole nitrogens is 1. The first-order valence-electron chi connectivity index (χ1n) is 8.71. The van der Waals surface area contributed by atoms with Crippen molar-refractivity contribution in [3.05, 3.63) is 35.0 Å². The van der Waals surface area contributed by atoms with Gasteiger partial charge in [-0.3, -0.25) is 4.21 Å². The van der Waals surface area contributed by atoms with E-state index in [9.17, 15) is 9.00 Å². The summed E-state index contributed by atoms with van der Waals surface area (Å²) in [5, 5.41) is 1.11. The number of rotatable bonds is 5. The number of aromatic amines is 1. The van der Waals surface area contributed by atoms with Crippen LogP contribution in [0.1, 0.15) is 40.4 Å². The van der Waals surface area contributed by atoms with E-state index in [0.29, 0.717) is 17.4 Å². The van der Waals surface area contributed by atoms with E-state index in [1.54, 1.807) is 6.26 Å². The molecule has 5 nitrogen and oxygen atoms in total. The van der Waals surface area contributed by atoms with Gasteiger partial charge in [-0.2, -0.15) is 0 Å². The van der Waals surface area contributed by atoms with Gasteiger partial charge in [0, 0.05) is 33.7 Å². The van der Waals surface area contributed by atoms with Crippen LogP contribution in [-0.2, 0) is 22.0 Å². The Morgan fingerprint density at radius 2 is 2.08 bits per heavy atom. The average Bonchev–Trinajstić information content (AvgIpc) is 2.98. The molecule has 1 aliphatic heterocycles. The molecule has 2 heterocycles. The molecule has 3 rings (SSSR count). The molecular weight excluding hydrogens is 336 g/mol. The molecule has 0 radical (unpaired) electrons. The molecule has 0 aliphatic carbocycles. The summed E-state index contributed by atoms with van der Waals surface area (Å²) in [5.41, 5.74) is 3.81. The highest BCUT2D eigenvalue weighted by atomic mass is 32.2. The number of esters is 1. The molecule has 136 valence electrons. The average molecular weight is 362 g/mol. The number of aryl methyl sites for hydroxylation is 1. The predicted octanol–water partition coefficient (Wildman–Crippen LogP) is 2.68. The van der Waals surface area contributed by atoms with E-state index in [2.05, 4.69) is 23.0 Å². The number of fused-ring (bicyclic) bond motifs is 1. The van der Waals surface area contributed by atoms with Crippen LogP contribution in [0.3, 0.4) is 0 Å². The van der Waals surface area contributed by atoms with Gasteiger partial charge in [-0.1, -0.05) is 6.07 Å². The Morgan fingerprint density at radius 3 is 2.72 bits per heavy atom. The van der Waals surface area contributed by atoms with Gasteiger partial charge in [-0.05, 0) is 68.6 Å². The highest BCUT2D eigenvalue weighted by Gasteiger charge is 2.27. The van der Waals surface area contributed by atoms with Crippen molar-refractivity contribution >= 4 is 27.7 Å². The lowest BCUT2D eigenvalue weighted by molar-refractivity contribution is 0.0592. The summed E-state index contributed by atoms with van der Waals surface area (Å²) in [6.45, 7) is 2.07. The zero-order valence-corrected chi connectivity index (χ0v) is 15.9. The fourth-order valence-corrected chi connectivity index (χ4v) is 4.18.